The van der Waals surface area contributed by atoms with Crippen LogP contribution in [0, 0.1) is 17.5 Å². The van der Waals surface area contributed by atoms with Crippen LogP contribution in [0.2, 0.25) is 0 Å². The van der Waals surface area contributed by atoms with Crippen molar-refractivity contribution in [2.24, 2.45) is 0 Å². The molecule has 0 saturated carbocycles. The minimum absolute atomic E-state index is 0.0930. The normalized spacial score (nSPS) is 11.0. The maximum Gasteiger partial charge on any atom is 0.195 e. The predicted octanol–water partition coefficient (Wildman–Crippen LogP) is 2.36. The Labute approximate surface area is 117 Å². The van der Waals surface area contributed by atoms with Gasteiger partial charge in [0, 0.05) is 20.2 Å². The molecule has 0 atom stereocenters. The van der Waals surface area contributed by atoms with E-state index in [0.29, 0.717) is 24.7 Å². The van der Waals surface area contributed by atoms with E-state index in [1.54, 1.807) is 7.11 Å². The highest BCUT2D eigenvalue weighted by molar-refractivity contribution is 7.14. The molecule has 0 bridgehead atoms. The first-order valence-corrected chi connectivity index (χ1v) is 6.61. The van der Waals surface area contributed by atoms with E-state index in [2.05, 4.69) is 15.5 Å². The van der Waals surface area contributed by atoms with Crippen LogP contribution in [-0.4, -0.2) is 30.5 Å². The summed E-state index contributed by atoms with van der Waals surface area (Å²) in [6, 6.07) is 2.02. The Morgan fingerprint density at radius 1 is 1.20 bits per heavy atom. The lowest BCUT2D eigenvalue weighted by molar-refractivity contribution is 0.199. The lowest BCUT2D eigenvalue weighted by atomic mass is 10.2. The quantitative estimate of drug-likeness (QED) is 0.657. The Morgan fingerprint density at radius 3 is 2.75 bits per heavy atom. The molecule has 0 saturated heterocycles. The summed E-state index contributed by atoms with van der Waals surface area (Å²) in [5, 5.41) is 11.5. The molecule has 1 N–H and O–H groups in total. The van der Waals surface area contributed by atoms with Crippen LogP contribution in [0.3, 0.4) is 0 Å². The zero-order valence-electron chi connectivity index (χ0n) is 10.6. The van der Waals surface area contributed by atoms with Crippen molar-refractivity contribution in [3.05, 3.63) is 34.6 Å². The average molecular weight is 303 g/mol. The molecule has 2 rings (SSSR count). The number of hydrogen-bond donors (Lipinski definition) is 1. The van der Waals surface area contributed by atoms with Gasteiger partial charge in [-0.3, -0.25) is 0 Å². The van der Waals surface area contributed by atoms with Gasteiger partial charge >= 0.3 is 0 Å². The highest BCUT2D eigenvalue weighted by Crippen LogP contribution is 2.28. The lowest BCUT2D eigenvalue weighted by Gasteiger charge is -2.00. The largest absolute Gasteiger partial charge is 0.383 e. The standard InChI is InChI=1S/C12H12F3N3OS/c1-19-5-4-16-6-9-17-18-12(20-9)7-2-3-8(13)11(15)10(7)14/h2-3,16H,4-6H2,1H3. The van der Waals surface area contributed by atoms with Crippen LogP contribution in [0.25, 0.3) is 10.6 Å². The van der Waals surface area contributed by atoms with E-state index in [-0.39, 0.29) is 10.6 Å². The molecule has 0 fully saturated rings. The summed E-state index contributed by atoms with van der Waals surface area (Å²) < 4.78 is 44.5. The van der Waals surface area contributed by atoms with Crippen molar-refractivity contribution in [2.75, 3.05) is 20.3 Å². The van der Waals surface area contributed by atoms with Crippen molar-refractivity contribution in [2.45, 2.75) is 6.54 Å². The molecule has 0 spiro atoms. The van der Waals surface area contributed by atoms with Gasteiger partial charge in [-0.25, -0.2) is 13.2 Å². The second-order valence-electron chi connectivity index (χ2n) is 3.89. The first kappa shape index (κ1) is 14.9. The van der Waals surface area contributed by atoms with Gasteiger partial charge in [0.25, 0.3) is 0 Å². The summed E-state index contributed by atoms with van der Waals surface area (Å²) >= 11 is 1.12. The molecule has 2 aromatic rings. The Morgan fingerprint density at radius 2 is 2.00 bits per heavy atom. The highest BCUT2D eigenvalue weighted by atomic mass is 32.1. The molecule has 1 aromatic heterocycles. The van der Waals surface area contributed by atoms with Crippen LogP contribution in [0.5, 0.6) is 0 Å². The minimum Gasteiger partial charge on any atom is -0.383 e. The van der Waals surface area contributed by atoms with Crippen LogP contribution in [-0.2, 0) is 11.3 Å². The summed E-state index contributed by atoms with van der Waals surface area (Å²) in [6.45, 7) is 1.65. The Balaban J connectivity index is 2.11. The second kappa shape index (κ2) is 6.78. The zero-order valence-corrected chi connectivity index (χ0v) is 11.4. The fourth-order valence-corrected chi connectivity index (χ4v) is 2.32. The third kappa shape index (κ3) is 3.33. The number of nitrogens with zero attached hydrogens (tertiary/aromatic N) is 2. The third-order valence-corrected chi connectivity index (χ3v) is 3.45. The van der Waals surface area contributed by atoms with Gasteiger partial charge in [0.05, 0.1) is 12.2 Å². The molecule has 0 aliphatic heterocycles. The third-order valence-electron chi connectivity index (χ3n) is 2.49. The zero-order chi connectivity index (χ0) is 14.5. The van der Waals surface area contributed by atoms with Crippen molar-refractivity contribution in [1.29, 1.82) is 0 Å². The number of aromatic nitrogens is 2. The first-order chi connectivity index (χ1) is 9.63. The van der Waals surface area contributed by atoms with E-state index in [4.69, 9.17) is 4.74 Å². The fraction of sp³-hybridized carbons (Fsp3) is 0.333. The minimum atomic E-state index is -1.50. The van der Waals surface area contributed by atoms with Crippen molar-refractivity contribution in [3.8, 4) is 10.6 Å². The van der Waals surface area contributed by atoms with Gasteiger partial charge in [-0.2, -0.15) is 0 Å². The molecule has 8 heteroatoms. The molecule has 0 aliphatic carbocycles. The van der Waals surface area contributed by atoms with Crippen LogP contribution in [0.15, 0.2) is 12.1 Å². The molecular formula is C12H12F3N3OS. The molecule has 1 aromatic carbocycles. The Kier molecular flexibility index (Phi) is 5.05. The summed E-state index contributed by atoms with van der Waals surface area (Å²) in [4.78, 5) is 0. The fourth-order valence-electron chi connectivity index (χ4n) is 1.49. The summed E-state index contributed by atoms with van der Waals surface area (Å²) in [5.74, 6) is -3.98. The second-order valence-corrected chi connectivity index (χ2v) is 4.96. The van der Waals surface area contributed by atoms with Gasteiger partial charge in [0.2, 0.25) is 0 Å². The van der Waals surface area contributed by atoms with Gasteiger partial charge < -0.3 is 10.1 Å². The summed E-state index contributed by atoms with van der Waals surface area (Å²) in [7, 11) is 1.59. The molecular weight excluding hydrogens is 291 g/mol. The maximum atomic E-state index is 13.6. The van der Waals surface area contributed by atoms with E-state index in [9.17, 15) is 13.2 Å². The van der Waals surface area contributed by atoms with Crippen molar-refractivity contribution in [1.82, 2.24) is 15.5 Å². The highest BCUT2D eigenvalue weighted by Gasteiger charge is 2.17. The SMILES string of the molecule is COCCNCc1nnc(-c2ccc(F)c(F)c2F)s1. The number of benzene rings is 1. The Hall–Kier alpha value is -1.51. The van der Waals surface area contributed by atoms with Gasteiger partial charge in [0.1, 0.15) is 5.01 Å². The molecule has 0 amide bonds. The van der Waals surface area contributed by atoms with Gasteiger partial charge in [-0.1, -0.05) is 11.3 Å². The molecule has 1 heterocycles. The van der Waals surface area contributed by atoms with E-state index < -0.39 is 17.5 Å². The lowest BCUT2D eigenvalue weighted by Crippen LogP contribution is -2.18. The number of methoxy groups -OCH3 is 1. The van der Waals surface area contributed by atoms with E-state index in [1.807, 2.05) is 0 Å². The number of nitrogens with one attached hydrogen (secondary N) is 1. The monoisotopic (exact) mass is 303 g/mol. The first-order valence-electron chi connectivity index (χ1n) is 5.79. The van der Waals surface area contributed by atoms with Crippen LogP contribution < -0.4 is 5.32 Å². The summed E-state index contributed by atoms with van der Waals surface area (Å²) in [6.07, 6.45) is 0. The van der Waals surface area contributed by atoms with Gasteiger partial charge in [-0.05, 0) is 12.1 Å². The maximum absolute atomic E-state index is 13.6. The smallest absolute Gasteiger partial charge is 0.195 e. The number of ether oxygens (including phenoxy) is 1. The molecule has 108 valence electrons. The number of halogens is 3. The topological polar surface area (TPSA) is 47.0 Å². The van der Waals surface area contributed by atoms with E-state index in [1.165, 1.54) is 0 Å². The van der Waals surface area contributed by atoms with Crippen LogP contribution in [0.4, 0.5) is 13.2 Å². The molecule has 0 unspecified atom stereocenters. The van der Waals surface area contributed by atoms with E-state index in [0.717, 1.165) is 23.5 Å². The van der Waals surface area contributed by atoms with Gasteiger partial charge in [-0.15, -0.1) is 10.2 Å². The Bertz CT molecular complexity index is 591. The van der Waals surface area contributed by atoms with Crippen molar-refractivity contribution < 1.29 is 17.9 Å². The molecule has 0 radical (unpaired) electrons. The number of rotatable bonds is 6. The van der Waals surface area contributed by atoms with Crippen LogP contribution in [0.1, 0.15) is 5.01 Å². The van der Waals surface area contributed by atoms with Crippen molar-refractivity contribution in [3.63, 3.8) is 0 Å². The molecule has 20 heavy (non-hydrogen) atoms. The van der Waals surface area contributed by atoms with Crippen LogP contribution >= 0.6 is 11.3 Å². The van der Waals surface area contributed by atoms with E-state index >= 15 is 0 Å². The number of hydrogen-bond acceptors (Lipinski definition) is 5. The summed E-state index contributed by atoms with van der Waals surface area (Å²) in [5.41, 5.74) is -0.0930. The van der Waals surface area contributed by atoms with Crippen molar-refractivity contribution >= 4 is 11.3 Å². The molecule has 0 aliphatic rings. The van der Waals surface area contributed by atoms with Gasteiger partial charge in [0.15, 0.2) is 22.5 Å². The predicted molar refractivity (Wildman–Crippen MR) is 68.8 cm³/mol. The molecule has 4 nitrogen and oxygen atoms in total. The average Bonchev–Trinajstić information content (AvgIpc) is 2.90.